The molecule has 2 N–H and O–H groups in total. The quantitative estimate of drug-likeness (QED) is 0.859. The zero-order valence-electron chi connectivity index (χ0n) is 12.4. The summed E-state index contributed by atoms with van der Waals surface area (Å²) in [7, 11) is 2.09. The summed E-state index contributed by atoms with van der Waals surface area (Å²) >= 11 is 0.856. The van der Waals surface area contributed by atoms with Gasteiger partial charge in [-0.15, -0.1) is 0 Å². The molecule has 7 heteroatoms. The highest BCUT2D eigenvalue weighted by molar-refractivity contribution is 8.15. The number of hydrogen-bond acceptors (Lipinski definition) is 6. The molecule has 2 heterocycles. The van der Waals surface area contributed by atoms with E-state index in [-0.39, 0.29) is 0 Å². The van der Waals surface area contributed by atoms with E-state index in [0.29, 0.717) is 5.56 Å². The van der Waals surface area contributed by atoms with E-state index in [1.807, 2.05) is 24.3 Å². The summed E-state index contributed by atoms with van der Waals surface area (Å²) in [4.78, 5) is 27.6. The van der Waals surface area contributed by atoms with Crippen molar-refractivity contribution in [2.75, 3.05) is 38.1 Å². The number of piperazine rings is 1. The lowest BCUT2D eigenvalue weighted by molar-refractivity contribution is -0.120. The molecule has 22 heavy (non-hydrogen) atoms. The first-order valence-electron chi connectivity index (χ1n) is 7.28. The molecule has 3 rings (SSSR count). The molecule has 2 atom stereocenters. The van der Waals surface area contributed by atoms with Gasteiger partial charge in [-0.25, -0.2) is 0 Å². The maximum atomic E-state index is 11.8. The van der Waals surface area contributed by atoms with Gasteiger partial charge in [-0.2, -0.15) is 0 Å². The molecule has 0 bridgehead atoms. The van der Waals surface area contributed by atoms with E-state index in [0.717, 1.165) is 43.6 Å². The number of benzene rings is 1. The minimum atomic E-state index is -0.993. The Kier molecular flexibility index (Phi) is 4.37. The molecule has 2 aliphatic heterocycles. The lowest BCUT2D eigenvalue weighted by Crippen LogP contribution is -2.45. The van der Waals surface area contributed by atoms with Gasteiger partial charge in [0.15, 0.2) is 0 Å². The van der Waals surface area contributed by atoms with Crippen molar-refractivity contribution in [2.45, 2.75) is 11.4 Å². The Bertz CT molecular complexity index is 587. The van der Waals surface area contributed by atoms with Crippen LogP contribution in [0.1, 0.15) is 11.7 Å². The van der Waals surface area contributed by atoms with Gasteiger partial charge in [-0.1, -0.05) is 18.2 Å². The van der Waals surface area contributed by atoms with E-state index in [1.165, 1.54) is 0 Å². The Morgan fingerprint density at radius 1 is 1.23 bits per heavy atom. The first kappa shape index (κ1) is 15.3. The third kappa shape index (κ3) is 2.97. The summed E-state index contributed by atoms with van der Waals surface area (Å²) in [5.41, 5.74) is 1.64. The van der Waals surface area contributed by atoms with E-state index in [1.54, 1.807) is 0 Å². The number of rotatable bonds is 3. The average Bonchev–Trinajstić information content (AvgIpc) is 2.86. The number of para-hydroxylation sites is 1. The molecular formula is C15H19N3O3S. The minimum absolute atomic E-state index is 0.397. The van der Waals surface area contributed by atoms with Crippen LogP contribution in [-0.2, 0) is 4.79 Å². The van der Waals surface area contributed by atoms with Gasteiger partial charge in [0.1, 0.15) is 11.4 Å². The van der Waals surface area contributed by atoms with E-state index in [4.69, 9.17) is 0 Å². The van der Waals surface area contributed by atoms with Gasteiger partial charge in [-0.3, -0.25) is 14.9 Å². The topological polar surface area (TPSA) is 72.9 Å². The molecule has 0 aromatic heterocycles. The molecule has 0 spiro atoms. The third-order valence-electron chi connectivity index (χ3n) is 4.10. The fraction of sp³-hybridized carbons (Fsp3) is 0.467. The molecule has 0 radical (unpaired) electrons. The number of anilines is 1. The normalized spacial score (nSPS) is 24.5. The Morgan fingerprint density at radius 3 is 2.55 bits per heavy atom. The highest BCUT2D eigenvalue weighted by Gasteiger charge is 2.39. The Morgan fingerprint density at radius 2 is 1.91 bits per heavy atom. The average molecular weight is 321 g/mol. The second kappa shape index (κ2) is 6.28. The number of aliphatic hydroxyl groups is 1. The summed E-state index contributed by atoms with van der Waals surface area (Å²) < 4.78 is 0. The van der Waals surface area contributed by atoms with Crippen LogP contribution in [0.5, 0.6) is 0 Å². The highest BCUT2D eigenvalue weighted by atomic mass is 32.2. The number of amides is 2. The SMILES string of the molecule is CN1CCN(c2ccccc2C(O)C2SC(=O)NC2=O)CC1. The van der Waals surface area contributed by atoms with Crippen LogP contribution in [-0.4, -0.2) is 59.6 Å². The molecule has 2 aliphatic rings. The van der Waals surface area contributed by atoms with Crippen molar-refractivity contribution in [3.63, 3.8) is 0 Å². The van der Waals surface area contributed by atoms with Crippen LogP contribution in [0.3, 0.4) is 0 Å². The summed E-state index contributed by atoms with van der Waals surface area (Å²) in [5.74, 6) is -0.421. The van der Waals surface area contributed by atoms with Crippen molar-refractivity contribution in [3.8, 4) is 0 Å². The van der Waals surface area contributed by atoms with E-state index in [2.05, 4.69) is 22.2 Å². The number of aliphatic hydroxyl groups excluding tert-OH is 1. The molecule has 118 valence electrons. The monoisotopic (exact) mass is 321 g/mol. The number of thioether (sulfide) groups is 1. The predicted molar refractivity (Wildman–Crippen MR) is 86.0 cm³/mol. The van der Waals surface area contributed by atoms with Crippen molar-refractivity contribution >= 4 is 28.6 Å². The molecule has 1 aromatic rings. The number of likely N-dealkylation sites (N-methyl/N-ethyl adjacent to an activating group) is 1. The zero-order valence-corrected chi connectivity index (χ0v) is 13.2. The van der Waals surface area contributed by atoms with Crippen LogP contribution in [0, 0.1) is 0 Å². The standard InChI is InChI=1S/C15H19N3O3S/c1-17-6-8-18(9-7-17)11-5-3-2-4-10(11)12(19)13-14(20)16-15(21)22-13/h2-5,12-13,19H,6-9H2,1H3,(H,16,20,21). The summed E-state index contributed by atoms with van der Waals surface area (Å²) in [5, 5.41) is 11.7. The lowest BCUT2D eigenvalue weighted by atomic mass is 10.0. The minimum Gasteiger partial charge on any atom is -0.387 e. The lowest BCUT2D eigenvalue weighted by Gasteiger charge is -2.36. The predicted octanol–water partition coefficient (Wildman–Crippen LogP) is 0.823. The van der Waals surface area contributed by atoms with Gasteiger partial charge in [0.25, 0.3) is 5.24 Å². The fourth-order valence-electron chi connectivity index (χ4n) is 2.81. The molecular weight excluding hydrogens is 302 g/mol. The highest BCUT2D eigenvalue weighted by Crippen LogP contribution is 2.35. The van der Waals surface area contributed by atoms with Crippen LogP contribution in [0.2, 0.25) is 0 Å². The first-order valence-corrected chi connectivity index (χ1v) is 8.16. The van der Waals surface area contributed by atoms with Crippen molar-refractivity contribution in [3.05, 3.63) is 29.8 Å². The maximum Gasteiger partial charge on any atom is 0.286 e. The molecule has 2 amide bonds. The molecule has 0 saturated carbocycles. The van der Waals surface area contributed by atoms with Gasteiger partial charge in [0.2, 0.25) is 5.91 Å². The Balaban J connectivity index is 1.84. The second-order valence-electron chi connectivity index (χ2n) is 5.61. The number of hydrogen-bond donors (Lipinski definition) is 2. The Labute approximate surface area is 133 Å². The molecule has 2 fully saturated rings. The molecule has 1 aromatic carbocycles. The molecule has 0 aliphatic carbocycles. The van der Waals surface area contributed by atoms with Gasteiger partial charge >= 0.3 is 0 Å². The summed E-state index contributed by atoms with van der Waals surface area (Å²) in [6, 6.07) is 7.56. The molecule has 6 nitrogen and oxygen atoms in total. The van der Waals surface area contributed by atoms with Crippen LogP contribution >= 0.6 is 11.8 Å². The first-order chi connectivity index (χ1) is 10.6. The van der Waals surface area contributed by atoms with Crippen LogP contribution in [0.15, 0.2) is 24.3 Å². The molecule has 2 unspecified atom stereocenters. The van der Waals surface area contributed by atoms with E-state index in [9.17, 15) is 14.7 Å². The smallest absolute Gasteiger partial charge is 0.286 e. The Hall–Kier alpha value is -1.57. The zero-order chi connectivity index (χ0) is 15.7. The van der Waals surface area contributed by atoms with Crippen molar-refractivity contribution in [2.24, 2.45) is 0 Å². The summed E-state index contributed by atoms with van der Waals surface area (Å²) in [6.45, 7) is 3.68. The summed E-state index contributed by atoms with van der Waals surface area (Å²) in [6.07, 6.45) is -0.993. The van der Waals surface area contributed by atoms with Gasteiger partial charge in [0, 0.05) is 37.4 Å². The largest absolute Gasteiger partial charge is 0.387 e. The maximum absolute atomic E-state index is 11.8. The number of imide groups is 1. The second-order valence-corrected chi connectivity index (χ2v) is 6.72. The number of nitrogens with one attached hydrogen (secondary N) is 1. The number of nitrogens with zero attached hydrogens (tertiary/aromatic N) is 2. The van der Waals surface area contributed by atoms with E-state index >= 15 is 0 Å². The van der Waals surface area contributed by atoms with Crippen LogP contribution in [0.25, 0.3) is 0 Å². The van der Waals surface area contributed by atoms with Gasteiger partial charge < -0.3 is 14.9 Å². The van der Waals surface area contributed by atoms with Crippen LogP contribution in [0.4, 0.5) is 10.5 Å². The number of carbonyl (C=O) groups excluding carboxylic acids is 2. The van der Waals surface area contributed by atoms with Gasteiger partial charge in [0.05, 0.1) is 0 Å². The van der Waals surface area contributed by atoms with Crippen molar-refractivity contribution < 1.29 is 14.7 Å². The van der Waals surface area contributed by atoms with E-state index < -0.39 is 22.5 Å². The third-order valence-corrected chi connectivity index (χ3v) is 5.15. The van der Waals surface area contributed by atoms with Crippen molar-refractivity contribution in [1.82, 2.24) is 10.2 Å². The molecule has 2 saturated heterocycles. The number of carbonyl (C=O) groups is 2. The van der Waals surface area contributed by atoms with Crippen molar-refractivity contribution in [1.29, 1.82) is 0 Å². The van der Waals surface area contributed by atoms with Crippen LogP contribution < -0.4 is 10.2 Å². The van der Waals surface area contributed by atoms with Gasteiger partial charge in [-0.05, 0) is 24.9 Å². The fourth-order valence-corrected chi connectivity index (χ4v) is 3.65.